The van der Waals surface area contributed by atoms with Gasteiger partial charge in [-0.1, -0.05) is 188 Å². The van der Waals surface area contributed by atoms with Gasteiger partial charge >= 0.3 is 36.1 Å². The summed E-state index contributed by atoms with van der Waals surface area (Å²) in [5, 5.41) is 20.6. The fourth-order valence-corrected chi connectivity index (χ4v) is 12.6. The number of urea groups is 5. The van der Waals surface area contributed by atoms with Crippen LogP contribution in [0.4, 0.5) is 80.8 Å². The Hall–Kier alpha value is -12.7. The van der Waals surface area contributed by atoms with Crippen LogP contribution in [-0.2, 0) is 35.2 Å². The molecule has 0 radical (unpaired) electrons. The molecule has 0 spiro atoms. The molecule has 5 heterocycles. The van der Waals surface area contributed by atoms with E-state index in [4.69, 9.17) is 33.4 Å². The van der Waals surface area contributed by atoms with E-state index in [-0.39, 0.29) is 18.2 Å². The zero-order valence-corrected chi connectivity index (χ0v) is 52.6. The maximum absolute atomic E-state index is 12.3. The normalized spacial score (nSPS) is 15.4. The molecular formula is C77H68N10O10. The molecule has 0 bridgehead atoms. The summed E-state index contributed by atoms with van der Waals surface area (Å²) in [6.07, 6.45) is 3.98. The Bertz CT molecular complexity index is 4550. The Balaban J connectivity index is 0.000000123. The molecule has 0 saturated carbocycles. The van der Waals surface area contributed by atoms with Gasteiger partial charge in [-0.2, -0.15) is 0 Å². The molecular weight excluding hydrogens is 1220 g/mol. The first kappa shape index (κ1) is 65.8. The molecule has 5 aliphatic rings. The lowest BCUT2D eigenvalue weighted by Gasteiger charge is -2.23. The average molecular weight is 1290 g/mol. The monoisotopic (exact) mass is 1290 g/mol. The molecule has 0 fully saturated rings. The average Bonchev–Trinajstić information content (AvgIpc) is 1.72. The Kier molecular flexibility index (Phi) is 19.8. The van der Waals surface area contributed by atoms with Crippen LogP contribution in [0.1, 0.15) is 85.7 Å². The number of hydrogen-bond donors (Lipinski definition) is 7. The molecule has 5 aliphatic heterocycles. The molecule has 486 valence electrons. The van der Waals surface area contributed by atoms with Gasteiger partial charge in [-0.25, -0.2) is 24.0 Å². The van der Waals surface area contributed by atoms with Crippen LogP contribution in [0.2, 0.25) is 0 Å². The van der Waals surface area contributed by atoms with Crippen LogP contribution in [-0.4, -0.2) is 52.1 Å². The fourth-order valence-electron chi connectivity index (χ4n) is 12.6. The van der Waals surface area contributed by atoms with Crippen LogP contribution in [0.3, 0.4) is 0 Å². The second-order valence-electron chi connectivity index (χ2n) is 22.9. The van der Waals surface area contributed by atoms with Gasteiger partial charge in [0.15, 0.2) is 5.78 Å². The summed E-state index contributed by atoms with van der Waals surface area (Å²) in [5.74, 6) is -0.364. The van der Waals surface area contributed by atoms with Gasteiger partial charge in [0, 0.05) is 54.9 Å². The van der Waals surface area contributed by atoms with Gasteiger partial charge in [0.2, 0.25) is 0 Å². The molecule has 10 aromatic rings. The van der Waals surface area contributed by atoms with Crippen molar-refractivity contribution < 1.29 is 48.5 Å². The Morgan fingerprint density at radius 1 is 0.340 bits per heavy atom. The third-order valence-corrected chi connectivity index (χ3v) is 16.8. The number of rotatable bonds is 1. The molecule has 12 N–H and O–H groups in total. The van der Waals surface area contributed by atoms with Crippen molar-refractivity contribution in [2.45, 2.75) is 50.9 Å². The highest BCUT2D eigenvalue weighted by Gasteiger charge is 2.33. The summed E-state index contributed by atoms with van der Waals surface area (Å²) in [6, 6.07) is 71.4. The number of aliphatic hydroxyl groups is 2. The first-order valence-corrected chi connectivity index (χ1v) is 31.0. The van der Waals surface area contributed by atoms with Gasteiger partial charge in [-0.05, 0) is 100 Å². The highest BCUT2D eigenvalue weighted by molar-refractivity contribution is 6.12. The number of nitrogens with zero attached hydrogens (tertiary/aromatic N) is 5. The van der Waals surface area contributed by atoms with E-state index in [0.29, 0.717) is 53.3 Å². The number of carbonyl (C=O) groups is 7. The van der Waals surface area contributed by atoms with Crippen LogP contribution >= 0.6 is 0 Å². The number of esters is 1. The Labute approximate surface area is 559 Å². The molecule has 10 amide bonds. The van der Waals surface area contributed by atoms with E-state index < -0.39 is 48.5 Å². The van der Waals surface area contributed by atoms with Crippen molar-refractivity contribution in [3.63, 3.8) is 0 Å². The van der Waals surface area contributed by atoms with E-state index in [1.807, 2.05) is 206 Å². The highest BCUT2D eigenvalue weighted by atomic mass is 16.5. The number of para-hydroxylation sites is 10. The number of hydrogen-bond acceptors (Lipinski definition) is 10. The number of nitrogens with two attached hydrogens (primary N) is 5. The van der Waals surface area contributed by atoms with Crippen molar-refractivity contribution in [3.05, 3.63) is 298 Å². The van der Waals surface area contributed by atoms with Gasteiger partial charge in [0.1, 0.15) is 6.10 Å². The minimum absolute atomic E-state index is 0.00759. The van der Waals surface area contributed by atoms with Gasteiger partial charge in [-0.3, -0.25) is 34.1 Å². The molecule has 0 saturated heterocycles. The quantitative estimate of drug-likeness (QED) is 0.0762. The predicted molar refractivity (Wildman–Crippen MR) is 376 cm³/mol. The number of ether oxygens (including phenoxy) is 1. The summed E-state index contributed by atoms with van der Waals surface area (Å²) in [6.45, 7) is 1.38. The van der Waals surface area contributed by atoms with Crippen LogP contribution in [0.25, 0.3) is 12.2 Å². The van der Waals surface area contributed by atoms with Crippen molar-refractivity contribution in [2.24, 2.45) is 28.7 Å². The second-order valence-corrected chi connectivity index (χ2v) is 22.9. The lowest BCUT2D eigenvalue weighted by Crippen LogP contribution is -2.32. The van der Waals surface area contributed by atoms with Gasteiger partial charge in [0.25, 0.3) is 0 Å². The minimum Gasteiger partial charge on any atom is -0.457 e. The topological polar surface area (TPSA) is 315 Å². The number of benzene rings is 10. The largest absolute Gasteiger partial charge is 0.457 e. The lowest BCUT2D eigenvalue weighted by molar-refractivity contribution is -0.146. The van der Waals surface area contributed by atoms with Crippen molar-refractivity contribution in [1.82, 2.24) is 0 Å². The van der Waals surface area contributed by atoms with Crippen molar-refractivity contribution in [1.29, 1.82) is 0 Å². The predicted octanol–water partition coefficient (Wildman–Crippen LogP) is 14.1. The summed E-state index contributed by atoms with van der Waals surface area (Å²) >= 11 is 0. The van der Waals surface area contributed by atoms with Crippen LogP contribution in [0.5, 0.6) is 0 Å². The second kappa shape index (κ2) is 29.1. The molecule has 20 nitrogen and oxygen atoms in total. The molecule has 0 aromatic heterocycles. The molecule has 3 atom stereocenters. The first-order valence-electron chi connectivity index (χ1n) is 31.0. The number of ketones is 1. The smallest absolute Gasteiger partial charge is 0.323 e. The summed E-state index contributed by atoms with van der Waals surface area (Å²) in [5.41, 5.74) is 42.8. The number of anilines is 10. The highest BCUT2D eigenvalue weighted by Crippen LogP contribution is 2.44. The molecule has 1 unspecified atom stereocenters. The summed E-state index contributed by atoms with van der Waals surface area (Å²) < 4.78 is 5.46. The lowest BCUT2D eigenvalue weighted by atomic mass is 10.0. The van der Waals surface area contributed by atoms with Gasteiger partial charge < -0.3 is 43.6 Å². The molecule has 20 heteroatoms. The number of amides is 10. The third kappa shape index (κ3) is 14.0. The maximum atomic E-state index is 12.3. The maximum Gasteiger partial charge on any atom is 0.323 e. The van der Waals surface area contributed by atoms with E-state index in [1.165, 1.54) is 26.5 Å². The van der Waals surface area contributed by atoms with E-state index >= 15 is 0 Å². The molecule has 0 aliphatic carbocycles. The van der Waals surface area contributed by atoms with E-state index in [9.17, 15) is 43.8 Å². The number of Topliss-reactive ketones (excluding diaryl/α,β-unsaturated/α-hetero) is 1. The number of aliphatic hydroxyl groups excluding tert-OH is 2. The zero-order chi connectivity index (χ0) is 68.4. The minimum atomic E-state index is -0.637. The van der Waals surface area contributed by atoms with Crippen LogP contribution in [0, 0.1) is 0 Å². The number of carbonyl (C=O) groups excluding carboxylic acids is 7. The Morgan fingerprint density at radius 2 is 0.619 bits per heavy atom. The van der Waals surface area contributed by atoms with Gasteiger partial charge in [0.05, 0.1) is 69.1 Å². The number of fused-ring (bicyclic) bond motifs is 10. The standard InChI is InChI=1S/C17H16N2O3.2C15H14N2O2.C15H12N2O2.C15H12N2O/c1-11(20)22-16-10-12-6-2-4-8-14(12)19(17(18)21)15-9-5-3-7-13(15)16;3*16-15(19)17-12-7-3-1-5-10(12)9-14(18)11-6-2-4-8-13(11)17;16-15(18)17-13-7-3-1-5-11(13)9-10-12-6-2-4-8-14(12)17/h2-9,16H,10H2,1H3,(H2,18,21);2*1-8,14,18H,9H2,(H2,16,19);1-8H,9H2,(H2,16,19);1-10H,(H2,16,18)/t16-;14-;;;/m00.../s1. The van der Waals surface area contributed by atoms with E-state index in [2.05, 4.69) is 0 Å². The Morgan fingerprint density at radius 3 is 1.02 bits per heavy atom. The fraction of sp³-hybridized carbons (Fsp3) is 0.104. The number of primary amides is 5. The van der Waals surface area contributed by atoms with Crippen LogP contribution < -0.4 is 53.2 Å². The summed E-state index contributed by atoms with van der Waals surface area (Å²) in [7, 11) is 0. The summed E-state index contributed by atoms with van der Waals surface area (Å²) in [4.78, 5) is 90.2. The SMILES string of the molecule is CC(=O)O[C@H]1Cc2ccccc2N(C(N)=O)c2ccccc21.NC(=O)N1c2ccccc2C=Cc2ccccc21.NC(=O)N1c2ccccc2CC(=O)c2ccccc21.NC(=O)N1c2ccccc2CC(O)c2ccccc21.NC(=O)N1c2ccccc2C[C@H](O)c2ccccc21. The van der Waals surface area contributed by atoms with Crippen molar-refractivity contribution in [3.8, 4) is 0 Å². The van der Waals surface area contributed by atoms with E-state index in [1.54, 1.807) is 53.4 Å². The van der Waals surface area contributed by atoms with Crippen molar-refractivity contribution >= 4 is 111 Å². The van der Waals surface area contributed by atoms with E-state index in [0.717, 1.165) is 78.5 Å². The van der Waals surface area contributed by atoms with Crippen LogP contribution in [0.15, 0.2) is 243 Å². The van der Waals surface area contributed by atoms with Crippen molar-refractivity contribution in [2.75, 3.05) is 24.5 Å². The molecule has 97 heavy (non-hydrogen) atoms. The first-order chi connectivity index (χ1) is 46.9. The zero-order valence-electron chi connectivity index (χ0n) is 52.6. The third-order valence-electron chi connectivity index (χ3n) is 16.8. The van der Waals surface area contributed by atoms with Gasteiger partial charge in [-0.15, -0.1) is 0 Å². The molecule has 10 aromatic carbocycles. The molecule has 15 rings (SSSR count).